The van der Waals surface area contributed by atoms with Gasteiger partial charge in [-0.05, 0) is 25.5 Å². The highest BCUT2D eigenvalue weighted by atomic mass is 19.1. The molecule has 0 aromatic heterocycles. The van der Waals surface area contributed by atoms with Crippen molar-refractivity contribution in [3.05, 3.63) is 30.1 Å². The van der Waals surface area contributed by atoms with E-state index in [0.717, 1.165) is 25.5 Å². The molecule has 2 N–H and O–H groups in total. The number of hydrogen-bond acceptors (Lipinski definition) is 3. The molecule has 6 heteroatoms. The van der Waals surface area contributed by atoms with E-state index in [1.807, 2.05) is 11.8 Å². The lowest BCUT2D eigenvalue weighted by Gasteiger charge is -2.20. The maximum Gasteiger partial charge on any atom is 0.194 e. The van der Waals surface area contributed by atoms with Crippen molar-refractivity contribution in [2.75, 3.05) is 32.8 Å². The molecule has 1 fully saturated rings. The molecule has 0 bridgehead atoms. The van der Waals surface area contributed by atoms with Gasteiger partial charge in [-0.3, -0.25) is 0 Å². The molecule has 1 atom stereocenters. The third-order valence-electron chi connectivity index (χ3n) is 3.22. The molecule has 21 heavy (non-hydrogen) atoms. The van der Waals surface area contributed by atoms with Crippen molar-refractivity contribution >= 4 is 5.96 Å². The van der Waals surface area contributed by atoms with Gasteiger partial charge in [0.2, 0.25) is 0 Å². The van der Waals surface area contributed by atoms with Crippen LogP contribution in [0.5, 0.6) is 5.75 Å². The van der Waals surface area contributed by atoms with Gasteiger partial charge >= 0.3 is 0 Å². The number of aliphatic imine (C=N–C) groups is 1. The van der Waals surface area contributed by atoms with E-state index in [-0.39, 0.29) is 11.9 Å². The standard InChI is InChI=1S/C15H22FN3O2/c1-2-17-15(19-8-6-13(20)11-19)18-7-9-21-14-5-3-4-12(16)10-14/h3-5,10,13,20H,2,6-9,11H2,1H3,(H,17,18)/t13-/m1/s1. The topological polar surface area (TPSA) is 57.1 Å². The molecule has 1 saturated heterocycles. The number of halogens is 1. The summed E-state index contributed by atoms with van der Waals surface area (Å²) in [5.41, 5.74) is 0. The molecular weight excluding hydrogens is 273 g/mol. The van der Waals surface area contributed by atoms with E-state index in [1.54, 1.807) is 12.1 Å². The van der Waals surface area contributed by atoms with E-state index in [1.165, 1.54) is 12.1 Å². The Labute approximate surface area is 124 Å². The van der Waals surface area contributed by atoms with Crippen LogP contribution in [0, 0.1) is 5.82 Å². The Hall–Kier alpha value is -1.82. The van der Waals surface area contributed by atoms with Gasteiger partial charge in [0.25, 0.3) is 0 Å². The Balaban J connectivity index is 1.82. The zero-order valence-corrected chi connectivity index (χ0v) is 12.3. The molecule has 5 nitrogen and oxygen atoms in total. The van der Waals surface area contributed by atoms with Crippen molar-refractivity contribution in [1.82, 2.24) is 10.2 Å². The number of likely N-dealkylation sites (tertiary alicyclic amines) is 1. The van der Waals surface area contributed by atoms with Crippen molar-refractivity contribution in [3.8, 4) is 5.75 Å². The number of β-amino-alcohol motifs (C(OH)–C–C–N with tert-alkyl or cyclic N) is 1. The van der Waals surface area contributed by atoms with Crippen molar-refractivity contribution in [1.29, 1.82) is 0 Å². The van der Waals surface area contributed by atoms with Crippen molar-refractivity contribution in [3.63, 3.8) is 0 Å². The summed E-state index contributed by atoms with van der Waals surface area (Å²) in [6.07, 6.45) is 0.488. The fraction of sp³-hybridized carbons (Fsp3) is 0.533. The third kappa shape index (κ3) is 4.90. The first-order valence-electron chi connectivity index (χ1n) is 7.28. The SMILES string of the molecule is CCNC(=NCCOc1cccc(F)c1)N1CC[C@@H](O)C1. The van der Waals surface area contributed by atoms with Gasteiger partial charge in [0.15, 0.2) is 5.96 Å². The van der Waals surface area contributed by atoms with Crippen LogP contribution in [0.2, 0.25) is 0 Å². The van der Waals surface area contributed by atoms with Crippen molar-refractivity contribution in [2.24, 2.45) is 4.99 Å². The summed E-state index contributed by atoms with van der Waals surface area (Å²) < 4.78 is 18.5. The lowest BCUT2D eigenvalue weighted by molar-refractivity contribution is 0.187. The molecular formula is C15H22FN3O2. The number of hydrogen-bond donors (Lipinski definition) is 2. The summed E-state index contributed by atoms with van der Waals surface area (Å²) in [7, 11) is 0. The molecule has 0 radical (unpaired) electrons. The van der Waals surface area contributed by atoms with Crippen LogP contribution in [0.3, 0.4) is 0 Å². The molecule has 0 spiro atoms. The zero-order chi connectivity index (χ0) is 15.1. The minimum atomic E-state index is -0.310. The van der Waals surface area contributed by atoms with Gasteiger partial charge in [-0.1, -0.05) is 6.07 Å². The van der Waals surface area contributed by atoms with E-state index < -0.39 is 0 Å². The summed E-state index contributed by atoms with van der Waals surface area (Å²) in [6.45, 7) is 5.05. The predicted octanol–water partition coefficient (Wildman–Crippen LogP) is 1.24. The highest BCUT2D eigenvalue weighted by Crippen LogP contribution is 2.12. The van der Waals surface area contributed by atoms with E-state index in [2.05, 4.69) is 10.3 Å². The quantitative estimate of drug-likeness (QED) is 0.487. The Morgan fingerprint density at radius 3 is 3.10 bits per heavy atom. The molecule has 2 rings (SSSR count). The summed E-state index contributed by atoms with van der Waals surface area (Å²) >= 11 is 0. The number of aliphatic hydroxyl groups excluding tert-OH is 1. The molecule has 1 aliphatic heterocycles. The van der Waals surface area contributed by atoms with Gasteiger partial charge in [-0.25, -0.2) is 9.38 Å². The normalized spacial score (nSPS) is 18.9. The van der Waals surface area contributed by atoms with Gasteiger partial charge in [-0.15, -0.1) is 0 Å². The number of aliphatic hydroxyl groups is 1. The number of ether oxygens (including phenoxy) is 1. The van der Waals surface area contributed by atoms with E-state index in [0.29, 0.717) is 25.4 Å². The highest BCUT2D eigenvalue weighted by molar-refractivity contribution is 5.80. The van der Waals surface area contributed by atoms with Crippen LogP contribution in [0.4, 0.5) is 4.39 Å². The Bertz CT molecular complexity index is 482. The fourth-order valence-electron chi connectivity index (χ4n) is 2.23. The van der Waals surface area contributed by atoms with Crippen molar-refractivity contribution < 1.29 is 14.2 Å². The first kappa shape index (κ1) is 15.6. The minimum Gasteiger partial charge on any atom is -0.492 e. The molecule has 1 heterocycles. The van der Waals surface area contributed by atoms with Crippen LogP contribution in [-0.4, -0.2) is 54.9 Å². The van der Waals surface area contributed by atoms with Crippen LogP contribution >= 0.6 is 0 Å². The molecule has 1 aromatic rings. The van der Waals surface area contributed by atoms with Crippen molar-refractivity contribution in [2.45, 2.75) is 19.4 Å². The largest absolute Gasteiger partial charge is 0.492 e. The number of nitrogens with zero attached hydrogens (tertiary/aromatic N) is 2. The second kappa shape index (κ2) is 7.83. The Morgan fingerprint density at radius 2 is 2.43 bits per heavy atom. The average molecular weight is 295 g/mol. The lowest BCUT2D eigenvalue weighted by Crippen LogP contribution is -2.40. The summed E-state index contributed by atoms with van der Waals surface area (Å²) in [6, 6.07) is 6.07. The van der Waals surface area contributed by atoms with Crippen LogP contribution in [0.1, 0.15) is 13.3 Å². The molecule has 0 unspecified atom stereocenters. The van der Waals surface area contributed by atoms with Gasteiger partial charge in [0, 0.05) is 25.7 Å². The molecule has 0 aliphatic carbocycles. The number of rotatable bonds is 5. The maximum absolute atomic E-state index is 13.0. The molecule has 0 saturated carbocycles. The second-order valence-electron chi connectivity index (χ2n) is 4.93. The highest BCUT2D eigenvalue weighted by Gasteiger charge is 2.22. The van der Waals surface area contributed by atoms with Crippen LogP contribution < -0.4 is 10.1 Å². The van der Waals surface area contributed by atoms with Gasteiger partial charge in [-0.2, -0.15) is 0 Å². The van der Waals surface area contributed by atoms with Gasteiger partial charge < -0.3 is 20.1 Å². The minimum absolute atomic E-state index is 0.280. The maximum atomic E-state index is 13.0. The first-order valence-corrected chi connectivity index (χ1v) is 7.28. The summed E-state index contributed by atoms with van der Waals surface area (Å²) in [5.74, 6) is 0.985. The Kier molecular flexibility index (Phi) is 5.80. The molecule has 1 aliphatic rings. The molecule has 1 aromatic carbocycles. The molecule has 116 valence electrons. The monoisotopic (exact) mass is 295 g/mol. The van der Waals surface area contributed by atoms with E-state index in [4.69, 9.17) is 4.74 Å². The van der Waals surface area contributed by atoms with Crippen LogP contribution in [0.25, 0.3) is 0 Å². The van der Waals surface area contributed by atoms with E-state index >= 15 is 0 Å². The number of guanidine groups is 1. The molecule has 0 amide bonds. The van der Waals surface area contributed by atoms with Gasteiger partial charge in [0.1, 0.15) is 18.2 Å². The van der Waals surface area contributed by atoms with Crippen LogP contribution in [-0.2, 0) is 0 Å². The summed E-state index contributed by atoms with van der Waals surface area (Å²) in [4.78, 5) is 6.51. The second-order valence-corrected chi connectivity index (χ2v) is 4.93. The fourth-order valence-corrected chi connectivity index (χ4v) is 2.23. The number of benzene rings is 1. The van der Waals surface area contributed by atoms with E-state index in [9.17, 15) is 9.50 Å². The smallest absolute Gasteiger partial charge is 0.194 e. The Morgan fingerprint density at radius 1 is 1.57 bits per heavy atom. The summed E-state index contributed by atoms with van der Waals surface area (Å²) in [5, 5.41) is 12.8. The van der Waals surface area contributed by atoms with Crippen LogP contribution in [0.15, 0.2) is 29.3 Å². The lowest BCUT2D eigenvalue weighted by atomic mass is 10.3. The zero-order valence-electron chi connectivity index (χ0n) is 12.3. The first-order chi connectivity index (χ1) is 10.2. The predicted molar refractivity (Wildman–Crippen MR) is 80.1 cm³/mol. The average Bonchev–Trinajstić information content (AvgIpc) is 2.89. The third-order valence-corrected chi connectivity index (χ3v) is 3.22. The number of nitrogens with one attached hydrogen (secondary N) is 1. The van der Waals surface area contributed by atoms with Gasteiger partial charge in [0.05, 0.1) is 12.6 Å².